The Bertz CT molecular complexity index is 1630. The predicted molar refractivity (Wildman–Crippen MR) is 172 cm³/mol. The lowest BCUT2D eigenvalue weighted by Gasteiger charge is -2.34. The average Bonchev–Trinajstić information content (AvgIpc) is 3.00. The number of amides is 2. The molecule has 0 saturated heterocycles. The molecule has 11 heteroatoms. The van der Waals surface area contributed by atoms with Crippen molar-refractivity contribution in [1.29, 1.82) is 0 Å². The first-order valence-corrected chi connectivity index (χ1v) is 16.1. The van der Waals surface area contributed by atoms with Crippen LogP contribution in [-0.2, 0) is 32.6 Å². The van der Waals surface area contributed by atoms with E-state index in [1.54, 1.807) is 55.5 Å². The van der Waals surface area contributed by atoms with Gasteiger partial charge in [-0.15, -0.1) is 0 Å². The number of carbonyl (C=O) groups excluding carboxylic acids is 2. The molecule has 0 spiro atoms. The first-order valence-electron chi connectivity index (χ1n) is 13.5. The molecule has 4 rings (SSSR count). The molecular weight excluding hydrogens is 629 g/mol. The first kappa shape index (κ1) is 32.4. The Morgan fingerprint density at radius 3 is 1.95 bits per heavy atom. The highest BCUT2D eigenvalue weighted by molar-refractivity contribution is 7.92. The van der Waals surface area contributed by atoms with Gasteiger partial charge >= 0.3 is 0 Å². The van der Waals surface area contributed by atoms with E-state index in [-0.39, 0.29) is 23.5 Å². The topological polar surface area (TPSA) is 86.8 Å². The third-order valence-corrected chi connectivity index (χ3v) is 9.49. The maximum Gasteiger partial charge on any atom is 0.264 e. The maximum atomic E-state index is 14.4. The first-order chi connectivity index (χ1) is 20.6. The number of benzene rings is 4. The molecule has 0 aromatic heterocycles. The zero-order valence-electron chi connectivity index (χ0n) is 23.3. The summed E-state index contributed by atoms with van der Waals surface area (Å²) in [5.41, 5.74) is 1.48. The van der Waals surface area contributed by atoms with Crippen LogP contribution in [0.3, 0.4) is 0 Å². The number of likely N-dealkylation sites (N-methyl/N-ethyl adjacent to an activating group) is 1. The summed E-state index contributed by atoms with van der Waals surface area (Å²) in [6, 6.07) is 27.2. The number of nitrogens with zero attached hydrogens (tertiary/aromatic N) is 2. The Hall–Kier alpha value is -3.56. The van der Waals surface area contributed by atoms with Crippen molar-refractivity contribution < 1.29 is 18.0 Å². The van der Waals surface area contributed by atoms with Gasteiger partial charge < -0.3 is 10.2 Å². The summed E-state index contributed by atoms with van der Waals surface area (Å²) in [6.45, 7) is 1.37. The van der Waals surface area contributed by atoms with E-state index in [2.05, 4.69) is 5.32 Å². The zero-order chi connectivity index (χ0) is 31.0. The number of halogens is 3. The Balaban J connectivity index is 1.82. The summed E-state index contributed by atoms with van der Waals surface area (Å²) >= 11 is 19.1. The van der Waals surface area contributed by atoms with Gasteiger partial charge in [-0.3, -0.25) is 13.9 Å². The Kier molecular flexibility index (Phi) is 11.1. The molecule has 1 N–H and O–H groups in total. The largest absolute Gasteiger partial charge is 0.355 e. The summed E-state index contributed by atoms with van der Waals surface area (Å²) in [4.78, 5) is 29.3. The van der Waals surface area contributed by atoms with Crippen LogP contribution >= 0.6 is 34.8 Å². The molecule has 4 aromatic rings. The zero-order valence-corrected chi connectivity index (χ0v) is 26.4. The van der Waals surface area contributed by atoms with Crippen LogP contribution in [0.15, 0.2) is 108 Å². The number of hydrogen-bond donors (Lipinski definition) is 1. The van der Waals surface area contributed by atoms with Gasteiger partial charge in [0.15, 0.2) is 0 Å². The Labute approximate surface area is 267 Å². The molecule has 4 aromatic carbocycles. The van der Waals surface area contributed by atoms with E-state index < -0.39 is 34.4 Å². The SMILES string of the molecule is CCNC(=O)[C@H](Cc1ccccc1)N(Cc1c(Cl)cccc1Cl)C(=O)CN(c1ccc(Cl)cc1)S(=O)(=O)c1ccccc1. The summed E-state index contributed by atoms with van der Waals surface area (Å²) in [6.07, 6.45) is 0.173. The van der Waals surface area contributed by atoms with Gasteiger partial charge in [-0.2, -0.15) is 0 Å². The molecule has 0 saturated carbocycles. The number of nitrogens with one attached hydrogen (secondary N) is 1. The molecule has 0 radical (unpaired) electrons. The fraction of sp³-hybridized carbons (Fsp3) is 0.188. The number of sulfonamides is 1. The van der Waals surface area contributed by atoms with Gasteiger partial charge in [0.1, 0.15) is 12.6 Å². The molecular formula is C32H30Cl3N3O4S. The predicted octanol–water partition coefficient (Wildman–Crippen LogP) is 6.62. The van der Waals surface area contributed by atoms with Crippen LogP contribution in [0.5, 0.6) is 0 Å². The molecule has 0 aliphatic rings. The van der Waals surface area contributed by atoms with Gasteiger partial charge in [-0.1, -0.05) is 89.4 Å². The van der Waals surface area contributed by atoms with Crippen molar-refractivity contribution in [2.45, 2.75) is 30.8 Å². The molecule has 0 fully saturated rings. The molecule has 2 amide bonds. The van der Waals surface area contributed by atoms with E-state index in [0.29, 0.717) is 27.2 Å². The molecule has 7 nitrogen and oxygen atoms in total. The minimum Gasteiger partial charge on any atom is -0.355 e. The van der Waals surface area contributed by atoms with Crippen LogP contribution in [0, 0.1) is 0 Å². The molecule has 0 bridgehead atoms. The van der Waals surface area contributed by atoms with Crippen LogP contribution in [0.2, 0.25) is 15.1 Å². The average molecular weight is 659 g/mol. The number of hydrogen-bond acceptors (Lipinski definition) is 4. The lowest BCUT2D eigenvalue weighted by atomic mass is 10.0. The molecule has 0 unspecified atom stereocenters. The van der Waals surface area contributed by atoms with Crippen molar-refractivity contribution in [3.63, 3.8) is 0 Å². The minimum absolute atomic E-state index is 0.00279. The molecule has 224 valence electrons. The van der Waals surface area contributed by atoms with Gasteiger partial charge in [-0.25, -0.2) is 8.42 Å². The van der Waals surface area contributed by atoms with E-state index in [0.717, 1.165) is 9.87 Å². The van der Waals surface area contributed by atoms with E-state index in [1.165, 1.54) is 29.2 Å². The normalized spacial score (nSPS) is 11.9. The van der Waals surface area contributed by atoms with Crippen molar-refractivity contribution in [3.8, 4) is 0 Å². The number of anilines is 1. The fourth-order valence-electron chi connectivity index (χ4n) is 4.56. The third kappa shape index (κ3) is 8.09. The Morgan fingerprint density at radius 2 is 1.37 bits per heavy atom. The lowest BCUT2D eigenvalue weighted by molar-refractivity contribution is -0.140. The Morgan fingerprint density at radius 1 is 0.791 bits per heavy atom. The van der Waals surface area contributed by atoms with Crippen molar-refractivity contribution in [1.82, 2.24) is 10.2 Å². The van der Waals surface area contributed by atoms with Crippen LogP contribution in [0.1, 0.15) is 18.1 Å². The molecule has 1 atom stereocenters. The highest BCUT2D eigenvalue weighted by atomic mass is 35.5. The molecule has 43 heavy (non-hydrogen) atoms. The second kappa shape index (κ2) is 14.8. The van der Waals surface area contributed by atoms with E-state index >= 15 is 0 Å². The smallest absolute Gasteiger partial charge is 0.264 e. The van der Waals surface area contributed by atoms with Crippen LogP contribution in [0.4, 0.5) is 5.69 Å². The minimum atomic E-state index is -4.21. The van der Waals surface area contributed by atoms with Gasteiger partial charge in [0.05, 0.1) is 10.6 Å². The number of carbonyl (C=O) groups is 2. The lowest BCUT2D eigenvalue weighted by Crippen LogP contribution is -2.53. The van der Waals surface area contributed by atoms with E-state index in [9.17, 15) is 18.0 Å². The van der Waals surface area contributed by atoms with Gasteiger partial charge in [0.25, 0.3) is 10.0 Å². The summed E-state index contributed by atoms with van der Waals surface area (Å²) in [5.74, 6) is -1.02. The molecule has 0 heterocycles. The van der Waals surface area contributed by atoms with Crippen molar-refractivity contribution in [3.05, 3.63) is 129 Å². The van der Waals surface area contributed by atoms with Crippen LogP contribution in [0.25, 0.3) is 0 Å². The highest BCUT2D eigenvalue weighted by Crippen LogP contribution is 2.29. The van der Waals surface area contributed by atoms with E-state index in [1.807, 2.05) is 30.3 Å². The number of rotatable bonds is 12. The quantitative estimate of drug-likeness (QED) is 0.185. The summed E-state index contributed by atoms with van der Waals surface area (Å²) in [5, 5.41) is 3.84. The van der Waals surface area contributed by atoms with Crippen molar-refractivity contribution in [2.24, 2.45) is 0 Å². The van der Waals surface area contributed by atoms with Crippen LogP contribution < -0.4 is 9.62 Å². The van der Waals surface area contributed by atoms with Gasteiger partial charge in [0.2, 0.25) is 11.8 Å². The van der Waals surface area contributed by atoms with Crippen molar-refractivity contribution in [2.75, 3.05) is 17.4 Å². The van der Waals surface area contributed by atoms with Gasteiger partial charge in [-0.05, 0) is 61.0 Å². The van der Waals surface area contributed by atoms with Crippen LogP contribution in [-0.4, -0.2) is 44.3 Å². The van der Waals surface area contributed by atoms with Crippen molar-refractivity contribution >= 4 is 62.3 Å². The maximum absolute atomic E-state index is 14.4. The fourth-order valence-corrected chi connectivity index (χ4v) is 6.63. The second-order valence-electron chi connectivity index (χ2n) is 9.62. The third-order valence-electron chi connectivity index (χ3n) is 6.74. The summed E-state index contributed by atoms with van der Waals surface area (Å²) < 4.78 is 28.9. The van der Waals surface area contributed by atoms with Gasteiger partial charge in [0, 0.05) is 40.1 Å². The van der Waals surface area contributed by atoms with E-state index in [4.69, 9.17) is 34.8 Å². The highest BCUT2D eigenvalue weighted by Gasteiger charge is 2.35. The molecule has 0 aliphatic carbocycles. The monoisotopic (exact) mass is 657 g/mol. The molecule has 0 aliphatic heterocycles. The second-order valence-corrected chi connectivity index (χ2v) is 12.7. The summed E-state index contributed by atoms with van der Waals surface area (Å²) in [7, 11) is -4.21. The standard InChI is InChI=1S/C32H30Cl3N3O4S/c1-2-36-32(40)30(20-23-10-5-3-6-11-23)37(21-27-28(34)14-9-15-29(27)35)31(39)22-38(25-18-16-24(33)17-19-25)43(41,42)26-12-7-4-8-13-26/h3-19,30H,2,20-22H2,1H3,(H,36,40)/t30-/m0/s1.